The first kappa shape index (κ1) is 20.4. The minimum absolute atomic E-state index is 0.0840. The van der Waals surface area contributed by atoms with Crippen LogP contribution in [0.2, 0.25) is 0 Å². The number of aromatic nitrogens is 3. The Hall–Kier alpha value is -3.84. The Morgan fingerprint density at radius 1 is 1.00 bits per heavy atom. The van der Waals surface area contributed by atoms with E-state index in [9.17, 15) is 9.18 Å². The SMILES string of the molecule is O=C(CCNCc1cn(-c2ccccc2)nc1-c1ccc(F)cc1)Nc1cccnc1. The zero-order valence-electron chi connectivity index (χ0n) is 16.8. The summed E-state index contributed by atoms with van der Waals surface area (Å²) in [6.07, 6.45) is 5.55. The van der Waals surface area contributed by atoms with E-state index < -0.39 is 0 Å². The Balaban J connectivity index is 1.43. The molecule has 2 heterocycles. The first-order chi connectivity index (χ1) is 15.2. The molecule has 0 spiro atoms. The number of hydrogen-bond acceptors (Lipinski definition) is 4. The van der Waals surface area contributed by atoms with Crippen LogP contribution in [-0.4, -0.2) is 27.2 Å². The number of para-hydroxylation sites is 1. The highest BCUT2D eigenvalue weighted by Crippen LogP contribution is 2.24. The normalized spacial score (nSPS) is 10.7. The van der Waals surface area contributed by atoms with Crippen molar-refractivity contribution < 1.29 is 9.18 Å². The van der Waals surface area contributed by atoms with Crippen molar-refractivity contribution in [3.05, 3.63) is 96.7 Å². The van der Waals surface area contributed by atoms with Crippen molar-refractivity contribution in [3.63, 3.8) is 0 Å². The maximum Gasteiger partial charge on any atom is 0.225 e. The highest BCUT2D eigenvalue weighted by molar-refractivity contribution is 5.90. The number of hydrogen-bond donors (Lipinski definition) is 2. The standard InChI is InChI=1S/C24H22FN5O/c25-20-10-8-18(9-11-20)24-19(17-30(29-24)22-6-2-1-3-7-22)15-27-14-12-23(31)28-21-5-4-13-26-16-21/h1-11,13,16-17,27H,12,14-15H2,(H,28,31). The fourth-order valence-corrected chi connectivity index (χ4v) is 3.19. The van der Waals surface area contributed by atoms with Gasteiger partial charge in [0.25, 0.3) is 0 Å². The van der Waals surface area contributed by atoms with E-state index in [4.69, 9.17) is 5.10 Å². The molecule has 7 heteroatoms. The highest BCUT2D eigenvalue weighted by atomic mass is 19.1. The number of amides is 1. The predicted molar refractivity (Wildman–Crippen MR) is 118 cm³/mol. The van der Waals surface area contributed by atoms with Crippen LogP contribution >= 0.6 is 0 Å². The van der Waals surface area contributed by atoms with Gasteiger partial charge in [0.15, 0.2) is 0 Å². The number of rotatable bonds is 8. The number of nitrogens with zero attached hydrogens (tertiary/aromatic N) is 3. The molecule has 0 atom stereocenters. The van der Waals surface area contributed by atoms with Crippen molar-refractivity contribution >= 4 is 11.6 Å². The highest BCUT2D eigenvalue weighted by Gasteiger charge is 2.13. The Labute approximate surface area is 179 Å². The second kappa shape index (κ2) is 9.77. The quantitative estimate of drug-likeness (QED) is 0.423. The van der Waals surface area contributed by atoms with Crippen molar-refractivity contribution in [1.82, 2.24) is 20.1 Å². The molecule has 0 aliphatic carbocycles. The summed E-state index contributed by atoms with van der Waals surface area (Å²) in [4.78, 5) is 16.1. The van der Waals surface area contributed by atoms with E-state index in [1.54, 1.807) is 36.7 Å². The van der Waals surface area contributed by atoms with Crippen LogP contribution < -0.4 is 10.6 Å². The summed E-state index contributed by atoms with van der Waals surface area (Å²) in [5.74, 6) is -0.371. The van der Waals surface area contributed by atoms with E-state index >= 15 is 0 Å². The number of nitrogens with one attached hydrogen (secondary N) is 2. The number of carbonyl (C=O) groups excluding carboxylic acids is 1. The molecule has 6 nitrogen and oxygen atoms in total. The summed E-state index contributed by atoms with van der Waals surface area (Å²) in [5.41, 5.74) is 4.18. The summed E-state index contributed by atoms with van der Waals surface area (Å²) in [6, 6.07) is 19.7. The van der Waals surface area contributed by atoms with E-state index in [-0.39, 0.29) is 11.7 Å². The van der Waals surface area contributed by atoms with Gasteiger partial charge in [0.2, 0.25) is 5.91 Å². The van der Waals surface area contributed by atoms with Gasteiger partial charge in [0, 0.05) is 43.0 Å². The molecule has 0 aliphatic heterocycles. The number of anilines is 1. The van der Waals surface area contributed by atoms with Crippen LogP contribution in [0.4, 0.5) is 10.1 Å². The predicted octanol–water partition coefficient (Wildman–Crippen LogP) is 4.19. The molecular weight excluding hydrogens is 393 g/mol. The fraction of sp³-hybridized carbons (Fsp3) is 0.125. The molecule has 0 radical (unpaired) electrons. The van der Waals surface area contributed by atoms with Crippen LogP contribution in [0.3, 0.4) is 0 Å². The zero-order valence-corrected chi connectivity index (χ0v) is 16.8. The molecule has 0 bridgehead atoms. The molecule has 0 unspecified atom stereocenters. The molecule has 2 aromatic heterocycles. The van der Waals surface area contributed by atoms with Crippen molar-refractivity contribution in [1.29, 1.82) is 0 Å². The van der Waals surface area contributed by atoms with Gasteiger partial charge in [-0.3, -0.25) is 9.78 Å². The first-order valence-electron chi connectivity index (χ1n) is 9.99. The van der Waals surface area contributed by atoms with Crippen molar-refractivity contribution in [2.75, 3.05) is 11.9 Å². The molecular formula is C24H22FN5O. The van der Waals surface area contributed by atoms with Crippen LogP contribution in [0.5, 0.6) is 0 Å². The van der Waals surface area contributed by atoms with Crippen LogP contribution in [-0.2, 0) is 11.3 Å². The minimum Gasteiger partial charge on any atom is -0.325 e. The van der Waals surface area contributed by atoms with Gasteiger partial charge in [-0.15, -0.1) is 0 Å². The Kier molecular flexibility index (Phi) is 6.44. The lowest BCUT2D eigenvalue weighted by atomic mass is 10.1. The first-order valence-corrected chi connectivity index (χ1v) is 9.99. The third kappa shape index (κ3) is 5.40. The molecule has 0 saturated heterocycles. The molecule has 2 aromatic carbocycles. The number of carbonyl (C=O) groups is 1. The van der Waals surface area contributed by atoms with Gasteiger partial charge in [-0.1, -0.05) is 18.2 Å². The lowest BCUT2D eigenvalue weighted by Gasteiger charge is -2.07. The average Bonchev–Trinajstić information content (AvgIpc) is 3.23. The van der Waals surface area contributed by atoms with Gasteiger partial charge in [0.05, 0.1) is 23.3 Å². The minimum atomic E-state index is -0.287. The van der Waals surface area contributed by atoms with Gasteiger partial charge in [0.1, 0.15) is 5.82 Å². The largest absolute Gasteiger partial charge is 0.325 e. The number of pyridine rings is 1. The maximum atomic E-state index is 13.4. The van der Waals surface area contributed by atoms with Crippen molar-refractivity contribution in [2.24, 2.45) is 0 Å². The summed E-state index contributed by atoms with van der Waals surface area (Å²) in [6.45, 7) is 1.03. The second-order valence-electron chi connectivity index (χ2n) is 7.01. The smallest absolute Gasteiger partial charge is 0.225 e. The Morgan fingerprint density at radius 2 is 1.81 bits per heavy atom. The van der Waals surface area contributed by atoms with Gasteiger partial charge >= 0.3 is 0 Å². The zero-order chi connectivity index (χ0) is 21.5. The van der Waals surface area contributed by atoms with Gasteiger partial charge < -0.3 is 10.6 Å². The van der Waals surface area contributed by atoms with Gasteiger partial charge in [-0.25, -0.2) is 9.07 Å². The van der Waals surface area contributed by atoms with E-state index in [0.29, 0.717) is 25.2 Å². The third-order valence-electron chi connectivity index (χ3n) is 4.72. The summed E-state index contributed by atoms with van der Waals surface area (Å²) < 4.78 is 15.2. The van der Waals surface area contributed by atoms with Gasteiger partial charge in [-0.05, 0) is 48.5 Å². The number of benzene rings is 2. The molecule has 156 valence electrons. The van der Waals surface area contributed by atoms with E-state index in [1.807, 2.05) is 41.2 Å². The van der Waals surface area contributed by atoms with E-state index in [0.717, 1.165) is 22.5 Å². The molecule has 31 heavy (non-hydrogen) atoms. The van der Waals surface area contributed by atoms with Crippen LogP contribution in [0.15, 0.2) is 85.3 Å². The molecule has 1 amide bonds. The molecule has 0 fully saturated rings. The Bertz CT molecular complexity index is 1130. The fourth-order valence-electron chi connectivity index (χ4n) is 3.19. The molecule has 4 rings (SSSR count). The molecule has 0 aliphatic rings. The van der Waals surface area contributed by atoms with Crippen molar-refractivity contribution in [3.8, 4) is 16.9 Å². The lowest BCUT2D eigenvalue weighted by molar-refractivity contribution is -0.116. The van der Waals surface area contributed by atoms with E-state index in [2.05, 4.69) is 15.6 Å². The topological polar surface area (TPSA) is 71.8 Å². The molecule has 0 saturated carbocycles. The average molecular weight is 415 g/mol. The Morgan fingerprint density at radius 3 is 2.55 bits per heavy atom. The molecule has 4 aromatic rings. The summed E-state index contributed by atoms with van der Waals surface area (Å²) in [5, 5.41) is 10.8. The van der Waals surface area contributed by atoms with Crippen LogP contribution in [0.25, 0.3) is 16.9 Å². The van der Waals surface area contributed by atoms with E-state index in [1.165, 1.54) is 12.1 Å². The summed E-state index contributed by atoms with van der Waals surface area (Å²) >= 11 is 0. The lowest BCUT2D eigenvalue weighted by Crippen LogP contribution is -2.21. The third-order valence-corrected chi connectivity index (χ3v) is 4.72. The second-order valence-corrected chi connectivity index (χ2v) is 7.01. The monoisotopic (exact) mass is 415 g/mol. The molecule has 2 N–H and O–H groups in total. The summed E-state index contributed by atoms with van der Waals surface area (Å²) in [7, 11) is 0. The van der Waals surface area contributed by atoms with Crippen molar-refractivity contribution in [2.45, 2.75) is 13.0 Å². The maximum absolute atomic E-state index is 13.4. The van der Waals surface area contributed by atoms with Crippen LogP contribution in [0.1, 0.15) is 12.0 Å². The number of halogens is 1. The van der Waals surface area contributed by atoms with Gasteiger partial charge in [-0.2, -0.15) is 5.10 Å². The van der Waals surface area contributed by atoms with Crippen LogP contribution in [0, 0.1) is 5.82 Å².